The van der Waals surface area contributed by atoms with Gasteiger partial charge in [0.15, 0.2) is 0 Å². The van der Waals surface area contributed by atoms with Gasteiger partial charge in [-0.2, -0.15) is 0 Å². The monoisotopic (exact) mass is 377 g/mol. The lowest BCUT2D eigenvalue weighted by Gasteiger charge is -2.25. The van der Waals surface area contributed by atoms with Gasteiger partial charge in [0.2, 0.25) is 0 Å². The maximum Gasteiger partial charge on any atom is 0.251 e. The number of hydrogen-bond donors (Lipinski definition) is 1. The summed E-state index contributed by atoms with van der Waals surface area (Å²) < 4.78 is 1.08. The average molecular weight is 378 g/mol. The van der Waals surface area contributed by atoms with E-state index in [9.17, 15) is 4.79 Å². The van der Waals surface area contributed by atoms with Gasteiger partial charge in [-0.15, -0.1) is 11.6 Å². The summed E-state index contributed by atoms with van der Waals surface area (Å²) in [7, 11) is 0. The van der Waals surface area contributed by atoms with Crippen LogP contribution in [0.4, 0.5) is 0 Å². The third kappa shape index (κ3) is 4.12. The molecule has 0 aliphatic heterocycles. The van der Waals surface area contributed by atoms with Crippen LogP contribution in [-0.2, 0) is 0 Å². The first-order valence-corrected chi connectivity index (χ1v) is 7.84. The lowest BCUT2D eigenvalue weighted by Crippen LogP contribution is -2.32. The van der Waals surface area contributed by atoms with Crippen molar-refractivity contribution in [3.8, 4) is 0 Å². The summed E-state index contributed by atoms with van der Waals surface area (Å²) in [4.78, 5) is 12.0. The van der Waals surface area contributed by atoms with Crippen LogP contribution in [0.2, 0.25) is 0 Å². The normalized spacial score (nSPS) is 23.7. The molecule has 0 heterocycles. The first-order chi connectivity index (χ1) is 8.65. The molecule has 1 N–H and O–H groups in total. The lowest BCUT2D eigenvalue weighted by molar-refractivity contribution is 0.0943. The second kappa shape index (κ2) is 6.75. The molecule has 2 rings (SSSR count). The first-order valence-electron chi connectivity index (χ1n) is 6.33. The SMILES string of the molecule is O=C(NCC1CCCC(Cl)C1)c1cccc(I)c1. The van der Waals surface area contributed by atoms with Crippen molar-refractivity contribution >= 4 is 40.1 Å². The van der Waals surface area contributed by atoms with E-state index in [0.717, 1.165) is 28.5 Å². The predicted molar refractivity (Wildman–Crippen MR) is 83.1 cm³/mol. The molecular formula is C14H17ClINO. The van der Waals surface area contributed by atoms with E-state index in [4.69, 9.17) is 11.6 Å². The molecule has 18 heavy (non-hydrogen) atoms. The molecule has 0 bridgehead atoms. The lowest BCUT2D eigenvalue weighted by atomic mass is 9.89. The molecule has 2 atom stereocenters. The molecule has 0 spiro atoms. The minimum absolute atomic E-state index is 0.0187. The number of rotatable bonds is 3. The third-order valence-corrected chi connectivity index (χ3v) is 4.42. The molecule has 2 nitrogen and oxygen atoms in total. The van der Waals surface area contributed by atoms with E-state index in [2.05, 4.69) is 27.9 Å². The minimum Gasteiger partial charge on any atom is -0.352 e. The maximum absolute atomic E-state index is 12.0. The molecule has 0 radical (unpaired) electrons. The van der Waals surface area contributed by atoms with Crippen LogP contribution in [0.1, 0.15) is 36.0 Å². The van der Waals surface area contributed by atoms with Gasteiger partial charge in [-0.25, -0.2) is 0 Å². The van der Waals surface area contributed by atoms with Crippen LogP contribution >= 0.6 is 34.2 Å². The second-order valence-corrected chi connectivity index (χ2v) is 6.71. The van der Waals surface area contributed by atoms with Gasteiger partial charge < -0.3 is 5.32 Å². The standard InChI is InChI=1S/C14H17ClINO/c15-12-5-1-3-10(7-12)9-17-14(18)11-4-2-6-13(16)8-11/h2,4,6,8,10,12H,1,3,5,7,9H2,(H,17,18). The van der Waals surface area contributed by atoms with Gasteiger partial charge in [-0.1, -0.05) is 12.5 Å². The summed E-state index contributed by atoms with van der Waals surface area (Å²) in [6, 6.07) is 7.65. The number of hydrogen-bond acceptors (Lipinski definition) is 1. The quantitative estimate of drug-likeness (QED) is 0.630. The summed E-state index contributed by atoms with van der Waals surface area (Å²) >= 11 is 8.37. The molecule has 1 saturated carbocycles. The zero-order chi connectivity index (χ0) is 13.0. The van der Waals surface area contributed by atoms with E-state index in [1.54, 1.807) is 0 Å². The van der Waals surface area contributed by atoms with Crippen LogP contribution in [0.3, 0.4) is 0 Å². The van der Waals surface area contributed by atoms with Crippen molar-refractivity contribution in [1.29, 1.82) is 0 Å². The number of carbonyl (C=O) groups is 1. The number of amides is 1. The number of halogens is 2. The van der Waals surface area contributed by atoms with Crippen molar-refractivity contribution in [1.82, 2.24) is 5.32 Å². The Balaban J connectivity index is 1.84. The second-order valence-electron chi connectivity index (χ2n) is 4.85. The summed E-state index contributed by atoms with van der Waals surface area (Å²) in [5, 5.41) is 3.31. The van der Waals surface area contributed by atoms with E-state index < -0.39 is 0 Å². The van der Waals surface area contributed by atoms with Gasteiger partial charge in [-0.3, -0.25) is 4.79 Å². The molecule has 1 aromatic rings. The highest BCUT2D eigenvalue weighted by atomic mass is 127. The fourth-order valence-electron chi connectivity index (χ4n) is 2.38. The van der Waals surface area contributed by atoms with E-state index in [1.807, 2.05) is 24.3 Å². The highest BCUT2D eigenvalue weighted by Gasteiger charge is 2.20. The molecule has 98 valence electrons. The Hall–Kier alpha value is -0.290. The molecule has 4 heteroatoms. The van der Waals surface area contributed by atoms with Gasteiger partial charge in [0.05, 0.1) is 0 Å². The summed E-state index contributed by atoms with van der Waals surface area (Å²) in [6.45, 7) is 0.744. The molecule has 1 amide bonds. The van der Waals surface area contributed by atoms with Crippen molar-refractivity contribution in [2.75, 3.05) is 6.54 Å². The third-order valence-electron chi connectivity index (χ3n) is 3.36. The van der Waals surface area contributed by atoms with Gasteiger partial charge in [0.25, 0.3) is 5.91 Å². The summed E-state index contributed by atoms with van der Waals surface area (Å²) in [5.74, 6) is 0.554. The molecular weight excluding hydrogens is 361 g/mol. The van der Waals surface area contributed by atoms with Crippen LogP contribution in [0.5, 0.6) is 0 Å². The first kappa shape index (κ1) is 14.1. The summed E-state index contributed by atoms with van der Waals surface area (Å²) in [5.41, 5.74) is 0.736. The molecule has 1 aliphatic rings. The van der Waals surface area contributed by atoms with Gasteiger partial charge in [0.1, 0.15) is 0 Å². The number of benzene rings is 1. The smallest absolute Gasteiger partial charge is 0.251 e. The van der Waals surface area contributed by atoms with E-state index in [1.165, 1.54) is 12.8 Å². The zero-order valence-corrected chi connectivity index (χ0v) is 13.1. The molecule has 1 aliphatic carbocycles. The molecule has 0 aromatic heterocycles. The Morgan fingerprint density at radius 2 is 2.28 bits per heavy atom. The summed E-state index contributed by atoms with van der Waals surface area (Å²) in [6.07, 6.45) is 4.49. The highest BCUT2D eigenvalue weighted by molar-refractivity contribution is 14.1. The maximum atomic E-state index is 12.0. The van der Waals surface area contributed by atoms with Gasteiger partial charge in [-0.05, 0) is 66.0 Å². The molecule has 0 saturated heterocycles. The van der Waals surface area contributed by atoms with Crippen LogP contribution in [-0.4, -0.2) is 17.8 Å². The van der Waals surface area contributed by atoms with Crippen LogP contribution in [0.15, 0.2) is 24.3 Å². The Bertz CT molecular complexity index is 424. The van der Waals surface area contributed by atoms with Gasteiger partial charge >= 0.3 is 0 Å². The minimum atomic E-state index is 0.0187. The fraction of sp³-hybridized carbons (Fsp3) is 0.500. The highest BCUT2D eigenvalue weighted by Crippen LogP contribution is 2.27. The Labute approximate surface area is 127 Å². The van der Waals surface area contributed by atoms with E-state index in [0.29, 0.717) is 11.3 Å². The molecule has 2 unspecified atom stereocenters. The Kier molecular flexibility index (Phi) is 5.30. The predicted octanol–water partition coefficient (Wildman–Crippen LogP) is 3.82. The van der Waals surface area contributed by atoms with Crippen molar-refractivity contribution in [2.45, 2.75) is 31.1 Å². The Morgan fingerprint density at radius 1 is 1.44 bits per heavy atom. The van der Waals surface area contributed by atoms with Crippen molar-refractivity contribution in [2.24, 2.45) is 5.92 Å². The van der Waals surface area contributed by atoms with Crippen LogP contribution in [0, 0.1) is 9.49 Å². The average Bonchev–Trinajstić information content (AvgIpc) is 2.36. The van der Waals surface area contributed by atoms with E-state index >= 15 is 0 Å². The zero-order valence-electron chi connectivity index (χ0n) is 10.2. The number of alkyl halides is 1. The van der Waals surface area contributed by atoms with Crippen molar-refractivity contribution < 1.29 is 4.79 Å². The van der Waals surface area contributed by atoms with Crippen molar-refractivity contribution in [3.05, 3.63) is 33.4 Å². The van der Waals surface area contributed by atoms with Crippen molar-refractivity contribution in [3.63, 3.8) is 0 Å². The van der Waals surface area contributed by atoms with Crippen LogP contribution in [0.25, 0.3) is 0 Å². The molecule has 1 aromatic carbocycles. The fourth-order valence-corrected chi connectivity index (χ4v) is 3.33. The Morgan fingerprint density at radius 3 is 3.00 bits per heavy atom. The number of carbonyl (C=O) groups excluding carboxylic acids is 1. The van der Waals surface area contributed by atoms with Gasteiger partial charge in [0, 0.05) is 21.1 Å². The topological polar surface area (TPSA) is 29.1 Å². The molecule has 1 fully saturated rings. The number of nitrogens with one attached hydrogen (secondary N) is 1. The van der Waals surface area contributed by atoms with E-state index in [-0.39, 0.29) is 5.91 Å². The van der Waals surface area contributed by atoms with Crippen LogP contribution < -0.4 is 5.32 Å². The largest absolute Gasteiger partial charge is 0.352 e.